The van der Waals surface area contributed by atoms with Crippen LogP contribution in [0.5, 0.6) is 0 Å². The molecule has 1 aliphatic heterocycles. The van der Waals surface area contributed by atoms with Gasteiger partial charge >= 0.3 is 0 Å². The molecule has 1 aromatic carbocycles. The number of piperazine rings is 1. The van der Waals surface area contributed by atoms with Gasteiger partial charge in [0.05, 0.1) is 0 Å². The summed E-state index contributed by atoms with van der Waals surface area (Å²) in [5.74, 6) is 0.426. The van der Waals surface area contributed by atoms with E-state index in [1.165, 1.54) is 6.07 Å². The molecule has 2 nitrogen and oxygen atoms in total. The van der Waals surface area contributed by atoms with Gasteiger partial charge in [-0.2, -0.15) is 0 Å². The molecule has 2 rings (SSSR count). The summed E-state index contributed by atoms with van der Waals surface area (Å²) in [6.07, 6.45) is 0. The van der Waals surface area contributed by atoms with Crippen molar-refractivity contribution in [2.75, 3.05) is 13.1 Å². The average molecular weight is 343 g/mol. The lowest BCUT2D eigenvalue weighted by Gasteiger charge is -2.47. The third-order valence-corrected chi connectivity index (χ3v) is 4.63. The Labute approximate surface area is 129 Å². The lowest BCUT2D eigenvalue weighted by molar-refractivity contribution is 0.0474. The van der Waals surface area contributed by atoms with Gasteiger partial charge in [-0.3, -0.25) is 4.90 Å². The number of hydrogen-bond acceptors (Lipinski definition) is 2. The van der Waals surface area contributed by atoms with Crippen molar-refractivity contribution in [3.8, 4) is 0 Å². The van der Waals surface area contributed by atoms with Crippen molar-refractivity contribution >= 4 is 15.9 Å². The van der Waals surface area contributed by atoms with Crippen molar-refractivity contribution in [1.29, 1.82) is 0 Å². The zero-order valence-corrected chi connectivity index (χ0v) is 14.3. The summed E-state index contributed by atoms with van der Waals surface area (Å²) in [6, 6.07) is 5.64. The molecular formula is C16H24BrFN2. The Morgan fingerprint density at radius 3 is 2.70 bits per heavy atom. The minimum absolute atomic E-state index is 0.0875. The highest BCUT2D eigenvalue weighted by atomic mass is 79.9. The van der Waals surface area contributed by atoms with Crippen LogP contribution >= 0.6 is 15.9 Å². The Morgan fingerprint density at radius 2 is 2.10 bits per heavy atom. The Morgan fingerprint density at radius 1 is 1.40 bits per heavy atom. The third kappa shape index (κ3) is 3.80. The van der Waals surface area contributed by atoms with E-state index in [4.69, 9.17) is 0 Å². The third-order valence-electron chi connectivity index (χ3n) is 4.17. The molecule has 1 aliphatic rings. The first-order valence-corrected chi connectivity index (χ1v) is 8.00. The number of hydrogen-bond donors (Lipinski definition) is 1. The van der Waals surface area contributed by atoms with Gasteiger partial charge in [0, 0.05) is 35.7 Å². The molecule has 112 valence electrons. The Kier molecular flexibility index (Phi) is 4.88. The molecule has 1 N–H and O–H groups in total. The molecule has 1 heterocycles. The second-order valence-corrected chi connectivity index (χ2v) is 7.62. The van der Waals surface area contributed by atoms with Crippen molar-refractivity contribution in [3.63, 3.8) is 0 Å². The Balaban J connectivity index is 2.15. The minimum atomic E-state index is -0.178. The molecule has 20 heavy (non-hydrogen) atoms. The summed E-state index contributed by atoms with van der Waals surface area (Å²) >= 11 is 3.37. The van der Waals surface area contributed by atoms with E-state index in [1.54, 1.807) is 6.07 Å². The predicted octanol–water partition coefficient (Wildman–Crippen LogP) is 3.80. The van der Waals surface area contributed by atoms with E-state index in [0.29, 0.717) is 12.0 Å². The van der Waals surface area contributed by atoms with E-state index in [1.807, 2.05) is 6.07 Å². The summed E-state index contributed by atoms with van der Waals surface area (Å²) in [5, 5.41) is 3.62. The number of benzene rings is 1. The molecular weight excluding hydrogens is 319 g/mol. The molecule has 0 aromatic heterocycles. The first-order valence-electron chi connectivity index (χ1n) is 7.21. The fourth-order valence-electron chi connectivity index (χ4n) is 2.69. The van der Waals surface area contributed by atoms with Crippen LogP contribution in [-0.2, 0) is 6.54 Å². The van der Waals surface area contributed by atoms with Crippen LogP contribution in [0.1, 0.15) is 33.3 Å². The van der Waals surface area contributed by atoms with E-state index in [2.05, 4.69) is 53.8 Å². The van der Waals surface area contributed by atoms with Crippen LogP contribution in [0.4, 0.5) is 4.39 Å². The van der Waals surface area contributed by atoms with Crippen LogP contribution in [0.25, 0.3) is 0 Å². The first-order chi connectivity index (χ1) is 9.28. The lowest BCUT2D eigenvalue weighted by atomic mass is 9.92. The molecule has 0 bridgehead atoms. The first kappa shape index (κ1) is 15.9. The molecule has 1 aromatic rings. The van der Waals surface area contributed by atoms with Gasteiger partial charge in [0.2, 0.25) is 0 Å². The lowest BCUT2D eigenvalue weighted by Crippen LogP contribution is -2.62. The predicted molar refractivity (Wildman–Crippen MR) is 85.2 cm³/mol. The molecule has 1 atom stereocenters. The van der Waals surface area contributed by atoms with Gasteiger partial charge in [-0.05, 0) is 43.5 Å². The topological polar surface area (TPSA) is 15.3 Å². The fourth-order valence-corrected chi connectivity index (χ4v) is 3.20. The molecule has 0 saturated carbocycles. The van der Waals surface area contributed by atoms with Crippen LogP contribution in [0.3, 0.4) is 0 Å². The van der Waals surface area contributed by atoms with Gasteiger partial charge in [-0.1, -0.05) is 29.8 Å². The minimum Gasteiger partial charge on any atom is -0.311 e. The summed E-state index contributed by atoms with van der Waals surface area (Å²) in [5.41, 5.74) is 1.11. The maximum Gasteiger partial charge on any atom is 0.124 e. The van der Waals surface area contributed by atoms with Crippen LogP contribution in [0.2, 0.25) is 0 Å². The SMILES string of the molecule is CC(C)C1CN(Cc2cc(F)cc(Br)c2)C(C)(C)CN1. The largest absolute Gasteiger partial charge is 0.311 e. The fraction of sp³-hybridized carbons (Fsp3) is 0.625. The van der Waals surface area contributed by atoms with Crippen molar-refractivity contribution in [3.05, 3.63) is 34.1 Å². The zero-order chi connectivity index (χ0) is 14.9. The van der Waals surface area contributed by atoms with Gasteiger partial charge in [-0.15, -0.1) is 0 Å². The maximum atomic E-state index is 13.5. The smallest absolute Gasteiger partial charge is 0.124 e. The van der Waals surface area contributed by atoms with Crippen LogP contribution in [0.15, 0.2) is 22.7 Å². The number of nitrogens with zero attached hydrogens (tertiary/aromatic N) is 1. The second kappa shape index (κ2) is 6.12. The molecule has 4 heteroatoms. The Bertz CT molecular complexity index is 453. The van der Waals surface area contributed by atoms with Crippen molar-refractivity contribution < 1.29 is 4.39 Å². The van der Waals surface area contributed by atoms with Gasteiger partial charge in [0.15, 0.2) is 0 Å². The van der Waals surface area contributed by atoms with E-state index in [0.717, 1.165) is 29.7 Å². The van der Waals surface area contributed by atoms with Crippen LogP contribution < -0.4 is 5.32 Å². The van der Waals surface area contributed by atoms with Gasteiger partial charge in [0.1, 0.15) is 5.82 Å². The van der Waals surface area contributed by atoms with Crippen molar-refractivity contribution in [2.45, 2.75) is 45.8 Å². The van der Waals surface area contributed by atoms with E-state index in [-0.39, 0.29) is 11.4 Å². The van der Waals surface area contributed by atoms with Gasteiger partial charge < -0.3 is 5.32 Å². The standard InChI is InChI=1S/C16H24BrFN2/c1-11(2)15-9-20(16(3,4)10-19-15)8-12-5-13(17)7-14(18)6-12/h5-7,11,15,19H,8-10H2,1-4H3. The molecule has 1 fully saturated rings. The highest BCUT2D eigenvalue weighted by Gasteiger charge is 2.34. The van der Waals surface area contributed by atoms with Crippen LogP contribution in [0, 0.1) is 11.7 Å². The zero-order valence-electron chi connectivity index (χ0n) is 12.7. The van der Waals surface area contributed by atoms with Gasteiger partial charge in [0.25, 0.3) is 0 Å². The number of nitrogens with one attached hydrogen (secondary N) is 1. The van der Waals surface area contributed by atoms with E-state index in [9.17, 15) is 4.39 Å². The molecule has 1 saturated heterocycles. The summed E-state index contributed by atoms with van der Waals surface area (Å²) < 4.78 is 14.3. The average Bonchev–Trinajstić information content (AvgIpc) is 2.30. The van der Waals surface area contributed by atoms with E-state index < -0.39 is 0 Å². The summed E-state index contributed by atoms with van der Waals surface area (Å²) in [6.45, 7) is 11.7. The quantitative estimate of drug-likeness (QED) is 0.898. The Hall–Kier alpha value is -0.450. The second-order valence-electron chi connectivity index (χ2n) is 6.70. The molecule has 0 spiro atoms. The maximum absolute atomic E-state index is 13.5. The highest BCUT2D eigenvalue weighted by Crippen LogP contribution is 2.25. The van der Waals surface area contributed by atoms with Crippen molar-refractivity contribution in [2.24, 2.45) is 5.92 Å². The summed E-state index contributed by atoms with van der Waals surface area (Å²) in [4.78, 5) is 2.45. The number of halogens is 2. The normalized spacial score (nSPS) is 23.2. The molecule has 0 radical (unpaired) electrons. The monoisotopic (exact) mass is 342 g/mol. The molecule has 1 unspecified atom stereocenters. The number of rotatable bonds is 3. The van der Waals surface area contributed by atoms with Crippen molar-refractivity contribution in [1.82, 2.24) is 10.2 Å². The highest BCUT2D eigenvalue weighted by molar-refractivity contribution is 9.10. The summed E-state index contributed by atoms with van der Waals surface area (Å²) in [7, 11) is 0. The molecule has 0 amide bonds. The van der Waals surface area contributed by atoms with Crippen LogP contribution in [-0.4, -0.2) is 29.6 Å². The van der Waals surface area contributed by atoms with E-state index >= 15 is 0 Å². The molecule has 0 aliphatic carbocycles. The van der Waals surface area contributed by atoms with Gasteiger partial charge in [-0.25, -0.2) is 4.39 Å².